The van der Waals surface area contributed by atoms with Gasteiger partial charge in [0.2, 0.25) is 5.91 Å². The van der Waals surface area contributed by atoms with Crippen molar-refractivity contribution < 1.29 is 4.79 Å². The molecule has 0 aromatic rings. The monoisotopic (exact) mass is 166 g/mol. The fourth-order valence-corrected chi connectivity index (χ4v) is 2.25. The third-order valence-corrected chi connectivity index (χ3v) is 2.98. The van der Waals surface area contributed by atoms with Gasteiger partial charge in [-0.15, -0.1) is 0 Å². The van der Waals surface area contributed by atoms with Gasteiger partial charge in [0.15, 0.2) is 0 Å². The summed E-state index contributed by atoms with van der Waals surface area (Å²) in [4.78, 5) is 11.4. The minimum atomic E-state index is 0.130. The lowest BCUT2D eigenvalue weighted by molar-refractivity contribution is -0.127. The number of fused-ring (bicyclic) bond motifs is 1. The minimum Gasteiger partial charge on any atom is -0.273 e. The first kappa shape index (κ1) is 7.77. The Bertz CT molecular complexity index is 235. The lowest BCUT2D eigenvalue weighted by atomic mass is 9.76. The molecule has 1 amide bonds. The standard InChI is InChI=1S/C9H14N2O/c1-6-7-4-2-3-5-8(7)9(12)11-10-6/h7-8H,2-5H2,1H3,(H,11,12). The van der Waals surface area contributed by atoms with Gasteiger partial charge in [0, 0.05) is 17.5 Å². The van der Waals surface area contributed by atoms with E-state index >= 15 is 0 Å². The molecule has 1 N–H and O–H groups in total. The van der Waals surface area contributed by atoms with E-state index in [1.54, 1.807) is 0 Å². The fourth-order valence-electron chi connectivity index (χ4n) is 2.25. The molecule has 3 heteroatoms. The molecule has 1 fully saturated rings. The molecule has 0 aromatic carbocycles. The van der Waals surface area contributed by atoms with Gasteiger partial charge in [-0.2, -0.15) is 5.10 Å². The number of hydrazone groups is 1. The molecule has 0 saturated heterocycles. The summed E-state index contributed by atoms with van der Waals surface area (Å²) in [5, 5.41) is 4.01. The number of nitrogens with one attached hydrogen (secondary N) is 1. The summed E-state index contributed by atoms with van der Waals surface area (Å²) in [6, 6.07) is 0. The van der Waals surface area contributed by atoms with E-state index in [0.717, 1.165) is 18.6 Å². The van der Waals surface area contributed by atoms with Crippen molar-refractivity contribution in [2.75, 3.05) is 0 Å². The van der Waals surface area contributed by atoms with Crippen molar-refractivity contribution in [1.29, 1.82) is 0 Å². The fraction of sp³-hybridized carbons (Fsp3) is 0.778. The number of hydrogen-bond donors (Lipinski definition) is 1. The first-order chi connectivity index (χ1) is 5.79. The van der Waals surface area contributed by atoms with Gasteiger partial charge in [-0.3, -0.25) is 4.79 Å². The number of amides is 1. The summed E-state index contributed by atoms with van der Waals surface area (Å²) >= 11 is 0. The van der Waals surface area contributed by atoms with E-state index in [1.165, 1.54) is 12.8 Å². The number of hydrogen-bond acceptors (Lipinski definition) is 2. The van der Waals surface area contributed by atoms with Crippen LogP contribution in [-0.4, -0.2) is 11.6 Å². The predicted molar refractivity (Wildman–Crippen MR) is 46.7 cm³/mol. The maximum Gasteiger partial charge on any atom is 0.243 e. The van der Waals surface area contributed by atoms with E-state index < -0.39 is 0 Å². The van der Waals surface area contributed by atoms with Crippen LogP contribution in [0.4, 0.5) is 0 Å². The number of rotatable bonds is 0. The maximum absolute atomic E-state index is 11.4. The Morgan fingerprint density at radius 3 is 2.67 bits per heavy atom. The van der Waals surface area contributed by atoms with Crippen LogP contribution in [0, 0.1) is 11.8 Å². The second-order valence-corrected chi connectivity index (χ2v) is 3.73. The van der Waals surface area contributed by atoms with Crippen LogP contribution in [0.5, 0.6) is 0 Å². The molecule has 2 atom stereocenters. The Labute approximate surface area is 72.2 Å². The van der Waals surface area contributed by atoms with Crippen LogP contribution < -0.4 is 5.43 Å². The second-order valence-electron chi connectivity index (χ2n) is 3.73. The summed E-state index contributed by atoms with van der Waals surface area (Å²) in [7, 11) is 0. The minimum absolute atomic E-state index is 0.130. The van der Waals surface area contributed by atoms with E-state index in [1.807, 2.05) is 6.92 Å². The molecule has 1 aliphatic heterocycles. The molecule has 2 rings (SSSR count). The zero-order valence-corrected chi connectivity index (χ0v) is 7.34. The SMILES string of the molecule is CC1=NNC(=O)C2CCCCC12. The number of carbonyl (C=O) groups excluding carboxylic acids is 1. The third kappa shape index (κ3) is 1.13. The van der Waals surface area contributed by atoms with Crippen LogP contribution in [0.25, 0.3) is 0 Å². The normalized spacial score (nSPS) is 35.1. The molecule has 1 aliphatic carbocycles. The van der Waals surface area contributed by atoms with E-state index in [9.17, 15) is 4.79 Å². The zero-order chi connectivity index (χ0) is 8.55. The third-order valence-electron chi connectivity index (χ3n) is 2.98. The summed E-state index contributed by atoms with van der Waals surface area (Å²) in [6.45, 7) is 2.02. The van der Waals surface area contributed by atoms with Crippen LogP contribution in [-0.2, 0) is 4.79 Å². The highest BCUT2D eigenvalue weighted by Gasteiger charge is 2.35. The largest absolute Gasteiger partial charge is 0.273 e. The highest BCUT2D eigenvalue weighted by atomic mass is 16.2. The van der Waals surface area contributed by atoms with Gasteiger partial charge in [-0.1, -0.05) is 12.8 Å². The maximum atomic E-state index is 11.4. The molecule has 1 saturated carbocycles. The molecule has 2 unspecified atom stereocenters. The second kappa shape index (κ2) is 2.88. The van der Waals surface area contributed by atoms with Crippen molar-refractivity contribution in [3.63, 3.8) is 0 Å². The lowest BCUT2D eigenvalue weighted by Gasteiger charge is -2.32. The molecular formula is C9H14N2O. The van der Waals surface area contributed by atoms with E-state index in [0.29, 0.717) is 5.92 Å². The van der Waals surface area contributed by atoms with E-state index in [2.05, 4.69) is 10.5 Å². The van der Waals surface area contributed by atoms with Gasteiger partial charge >= 0.3 is 0 Å². The molecule has 12 heavy (non-hydrogen) atoms. The smallest absolute Gasteiger partial charge is 0.243 e. The van der Waals surface area contributed by atoms with Crippen molar-refractivity contribution in [3.05, 3.63) is 0 Å². The Morgan fingerprint density at radius 1 is 1.33 bits per heavy atom. The van der Waals surface area contributed by atoms with Crippen LogP contribution >= 0.6 is 0 Å². The highest BCUT2D eigenvalue weighted by Crippen LogP contribution is 2.32. The molecule has 0 spiro atoms. The molecule has 3 nitrogen and oxygen atoms in total. The molecule has 0 aromatic heterocycles. The van der Waals surface area contributed by atoms with Crippen LogP contribution in [0.15, 0.2) is 5.10 Å². The topological polar surface area (TPSA) is 41.5 Å². The molecule has 1 heterocycles. The molecule has 0 radical (unpaired) electrons. The van der Waals surface area contributed by atoms with Gasteiger partial charge in [0.05, 0.1) is 0 Å². The molecule has 66 valence electrons. The van der Waals surface area contributed by atoms with Crippen molar-refractivity contribution in [2.24, 2.45) is 16.9 Å². The Balaban J connectivity index is 2.22. The van der Waals surface area contributed by atoms with Crippen molar-refractivity contribution in [1.82, 2.24) is 5.43 Å². The summed E-state index contributed by atoms with van der Waals surface area (Å²) in [6.07, 6.45) is 4.64. The summed E-state index contributed by atoms with van der Waals surface area (Å²) in [5.41, 5.74) is 3.69. The van der Waals surface area contributed by atoms with E-state index in [-0.39, 0.29) is 11.8 Å². The van der Waals surface area contributed by atoms with Gasteiger partial charge < -0.3 is 0 Å². The van der Waals surface area contributed by atoms with Crippen molar-refractivity contribution in [2.45, 2.75) is 32.6 Å². The molecule has 2 aliphatic rings. The van der Waals surface area contributed by atoms with E-state index in [4.69, 9.17) is 0 Å². The van der Waals surface area contributed by atoms with Crippen molar-refractivity contribution >= 4 is 11.6 Å². The first-order valence-electron chi connectivity index (χ1n) is 4.63. The Kier molecular flexibility index (Phi) is 1.87. The van der Waals surface area contributed by atoms with Crippen LogP contribution in [0.2, 0.25) is 0 Å². The average Bonchev–Trinajstić information content (AvgIpc) is 2.12. The quantitative estimate of drug-likeness (QED) is 0.579. The van der Waals surface area contributed by atoms with Gasteiger partial charge in [0.1, 0.15) is 0 Å². The van der Waals surface area contributed by atoms with Crippen LogP contribution in [0.3, 0.4) is 0 Å². The van der Waals surface area contributed by atoms with Gasteiger partial charge in [-0.25, -0.2) is 5.43 Å². The highest BCUT2D eigenvalue weighted by molar-refractivity contribution is 5.94. The van der Waals surface area contributed by atoms with Crippen molar-refractivity contribution in [3.8, 4) is 0 Å². The molecular weight excluding hydrogens is 152 g/mol. The number of nitrogens with zero attached hydrogens (tertiary/aromatic N) is 1. The Morgan fingerprint density at radius 2 is 2.00 bits per heavy atom. The lowest BCUT2D eigenvalue weighted by Crippen LogP contribution is -2.42. The van der Waals surface area contributed by atoms with Gasteiger partial charge in [0.25, 0.3) is 0 Å². The zero-order valence-electron chi connectivity index (χ0n) is 7.34. The summed E-state index contributed by atoms with van der Waals surface area (Å²) < 4.78 is 0. The number of carbonyl (C=O) groups is 1. The van der Waals surface area contributed by atoms with Gasteiger partial charge in [-0.05, 0) is 19.8 Å². The van der Waals surface area contributed by atoms with Crippen LogP contribution in [0.1, 0.15) is 32.6 Å². The Hall–Kier alpha value is -0.860. The predicted octanol–water partition coefficient (Wildman–Crippen LogP) is 1.30. The summed E-state index contributed by atoms with van der Waals surface area (Å²) in [5.74, 6) is 0.786. The average molecular weight is 166 g/mol. The first-order valence-corrected chi connectivity index (χ1v) is 4.63. The molecule has 0 bridgehead atoms.